The molecule has 1 N–H and O–H groups in total. The molecule has 0 spiro atoms. The second-order valence-corrected chi connectivity index (χ2v) is 6.05. The SMILES string of the molecule is CC(C)c1ccc(C(=O)C2Cc3ccccc3CN2)cc1. The summed E-state index contributed by atoms with van der Waals surface area (Å²) in [6, 6.07) is 16.3. The van der Waals surface area contributed by atoms with Crippen LogP contribution in [0.15, 0.2) is 48.5 Å². The molecular formula is C19H21NO. The first-order valence-electron chi connectivity index (χ1n) is 7.59. The summed E-state index contributed by atoms with van der Waals surface area (Å²) in [6.45, 7) is 5.10. The predicted octanol–water partition coefficient (Wildman–Crippen LogP) is 3.71. The maximum atomic E-state index is 12.6. The van der Waals surface area contributed by atoms with Gasteiger partial charge in [-0.05, 0) is 29.0 Å². The molecule has 0 saturated carbocycles. The molecule has 0 saturated heterocycles. The van der Waals surface area contributed by atoms with Crippen LogP contribution in [-0.4, -0.2) is 11.8 Å². The Balaban J connectivity index is 1.77. The Kier molecular flexibility index (Phi) is 3.89. The lowest BCUT2D eigenvalue weighted by Crippen LogP contribution is -2.41. The molecule has 0 amide bonds. The van der Waals surface area contributed by atoms with Crippen molar-refractivity contribution in [2.75, 3.05) is 0 Å². The molecule has 1 aliphatic heterocycles. The van der Waals surface area contributed by atoms with Crippen molar-refractivity contribution in [2.24, 2.45) is 0 Å². The monoisotopic (exact) mass is 279 g/mol. The highest BCUT2D eigenvalue weighted by Crippen LogP contribution is 2.20. The number of hydrogen-bond donors (Lipinski definition) is 1. The van der Waals surface area contributed by atoms with E-state index >= 15 is 0 Å². The zero-order valence-corrected chi connectivity index (χ0v) is 12.6. The van der Waals surface area contributed by atoms with Crippen molar-refractivity contribution >= 4 is 5.78 Å². The number of carbonyl (C=O) groups excluding carboxylic acids is 1. The molecule has 0 radical (unpaired) electrons. The molecule has 3 rings (SSSR count). The fraction of sp³-hybridized carbons (Fsp3) is 0.316. The van der Waals surface area contributed by atoms with Crippen LogP contribution in [0.2, 0.25) is 0 Å². The van der Waals surface area contributed by atoms with E-state index in [2.05, 4.69) is 43.4 Å². The largest absolute Gasteiger partial charge is 0.303 e. The second kappa shape index (κ2) is 5.82. The van der Waals surface area contributed by atoms with Crippen molar-refractivity contribution in [2.45, 2.75) is 38.8 Å². The van der Waals surface area contributed by atoms with Gasteiger partial charge in [-0.1, -0.05) is 62.4 Å². The molecule has 2 aromatic carbocycles. The van der Waals surface area contributed by atoms with Gasteiger partial charge < -0.3 is 5.32 Å². The highest BCUT2D eigenvalue weighted by Gasteiger charge is 2.24. The third-order valence-electron chi connectivity index (χ3n) is 4.26. The summed E-state index contributed by atoms with van der Waals surface area (Å²) in [5.74, 6) is 0.689. The van der Waals surface area contributed by atoms with E-state index in [4.69, 9.17) is 0 Å². The van der Waals surface area contributed by atoms with Crippen molar-refractivity contribution in [3.05, 3.63) is 70.8 Å². The standard InChI is InChI=1S/C19H21NO/c1-13(2)14-7-9-15(10-8-14)19(21)18-11-16-5-3-4-6-17(16)12-20-18/h3-10,13,18,20H,11-12H2,1-2H3. The molecule has 2 heteroatoms. The molecule has 108 valence electrons. The minimum Gasteiger partial charge on any atom is -0.303 e. The van der Waals surface area contributed by atoms with Gasteiger partial charge in [0.15, 0.2) is 5.78 Å². The van der Waals surface area contributed by atoms with Crippen LogP contribution in [0.4, 0.5) is 0 Å². The molecule has 1 atom stereocenters. The van der Waals surface area contributed by atoms with Crippen molar-refractivity contribution < 1.29 is 4.79 Å². The average molecular weight is 279 g/mol. The van der Waals surface area contributed by atoms with E-state index in [0.29, 0.717) is 5.92 Å². The van der Waals surface area contributed by atoms with Gasteiger partial charge in [-0.15, -0.1) is 0 Å². The van der Waals surface area contributed by atoms with Gasteiger partial charge in [-0.3, -0.25) is 4.79 Å². The zero-order valence-electron chi connectivity index (χ0n) is 12.6. The maximum absolute atomic E-state index is 12.6. The lowest BCUT2D eigenvalue weighted by molar-refractivity contribution is 0.0938. The highest BCUT2D eigenvalue weighted by molar-refractivity contribution is 6.00. The summed E-state index contributed by atoms with van der Waals surface area (Å²) in [4.78, 5) is 12.6. The zero-order chi connectivity index (χ0) is 14.8. The van der Waals surface area contributed by atoms with E-state index in [-0.39, 0.29) is 11.8 Å². The first kappa shape index (κ1) is 14.0. The van der Waals surface area contributed by atoms with E-state index in [0.717, 1.165) is 18.5 Å². The highest BCUT2D eigenvalue weighted by atomic mass is 16.1. The van der Waals surface area contributed by atoms with Gasteiger partial charge in [0.25, 0.3) is 0 Å². The van der Waals surface area contributed by atoms with E-state index in [1.54, 1.807) is 0 Å². The summed E-state index contributed by atoms with van der Waals surface area (Å²) >= 11 is 0. The average Bonchev–Trinajstić information content (AvgIpc) is 2.54. The van der Waals surface area contributed by atoms with Crippen LogP contribution in [0.1, 0.15) is 46.8 Å². The topological polar surface area (TPSA) is 29.1 Å². The van der Waals surface area contributed by atoms with Gasteiger partial charge in [-0.2, -0.15) is 0 Å². The summed E-state index contributed by atoms with van der Waals surface area (Å²) in [5.41, 5.74) is 4.66. The molecule has 0 bridgehead atoms. The summed E-state index contributed by atoms with van der Waals surface area (Å²) in [7, 11) is 0. The van der Waals surface area contributed by atoms with Gasteiger partial charge in [-0.25, -0.2) is 0 Å². The fourth-order valence-electron chi connectivity index (χ4n) is 2.87. The Bertz CT molecular complexity index is 643. The molecule has 21 heavy (non-hydrogen) atoms. The summed E-state index contributed by atoms with van der Waals surface area (Å²) in [6.07, 6.45) is 0.779. The second-order valence-electron chi connectivity index (χ2n) is 6.05. The molecular weight excluding hydrogens is 258 g/mol. The number of carbonyl (C=O) groups is 1. The van der Waals surface area contributed by atoms with Crippen molar-refractivity contribution in [1.29, 1.82) is 0 Å². The fourth-order valence-corrected chi connectivity index (χ4v) is 2.87. The van der Waals surface area contributed by atoms with Gasteiger partial charge >= 0.3 is 0 Å². The molecule has 0 fully saturated rings. The van der Waals surface area contributed by atoms with Gasteiger partial charge in [0, 0.05) is 12.1 Å². The number of ketones is 1. The third kappa shape index (κ3) is 2.91. The Morgan fingerprint density at radius 2 is 1.71 bits per heavy atom. The van der Waals surface area contributed by atoms with Crippen LogP contribution < -0.4 is 5.32 Å². The summed E-state index contributed by atoms with van der Waals surface area (Å²) < 4.78 is 0. The molecule has 1 aliphatic rings. The van der Waals surface area contributed by atoms with Crippen LogP contribution in [0, 0.1) is 0 Å². The van der Waals surface area contributed by atoms with E-state index in [1.165, 1.54) is 16.7 Å². The van der Waals surface area contributed by atoms with Crippen LogP contribution in [0.25, 0.3) is 0 Å². The molecule has 2 nitrogen and oxygen atoms in total. The van der Waals surface area contributed by atoms with Crippen LogP contribution in [-0.2, 0) is 13.0 Å². The Hall–Kier alpha value is -1.93. The Morgan fingerprint density at radius 1 is 1.05 bits per heavy atom. The molecule has 1 unspecified atom stereocenters. The molecule has 0 aliphatic carbocycles. The lowest BCUT2D eigenvalue weighted by atomic mass is 9.90. The Morgan fingerprint density at radius 3 is 2.38 bits per heavy atom. The van der Waals surface area contributed by atoms with Crippen LogP contribution in [0.5, 0.6) is 0 Å². The number of Topliss-reactive ketones (excluding diaryl/α,β-unsaturated/α-hetero) is 1. The van der Waals surface area contributed by atoms with E-state index < -0.39 is 0 Å². The number of nitrogens with one attached hydrogen (secondary N) is 1. The number of benzene rings is 2. The predicted molar refractivity (Wildman–Crippen MR) is 85.6 cm³/mol. The van der Waals surface area contributed by atoms with Crippen molar-refractivity contribution in [3.63, 3.8) is 0 Å². The van der Waals surface area contributed by atoms with Gasteiger partial charge in [0.1, 0.15) is 0 Å². The quantitative estimate of drug-likeness (QED) is 0.868. The van der Waals surface area contributed by atoms with Crippen LogP contribution in [0.3, 0.4) is 0 Å². The third-order valence-corrected chi connectivity index (χ3v) is 4.26. The molecule has 2 aromatic rings. The van der Waals surface area contributed by atoms with Crippen molar-refractivity contribution in [3.8, 4) is 0 Å². The van der Waals surface area contributed by atoms with Crippen LogP contribution >= 0.6 is 0 Å². The van der Waals surface area contributed by atoms with E-state index in [9.17, 15) is 4.79 Å². The first-order valence-corrected chi connectivity index (χ1v) is 7.59. The van der Waals surface area contributed by atoms with Gasteiger partial charge in [0.05, 0.1) is 6.04 Å². The summed E-state index contributed by atoms with van der Waals surface area (Å²) in [5, 5.41) is 3.36. The number of fused-ring (bicyclic) bond motifs is 1. The minimum absolute atomic E-state index is 0.107. The number of hydrogen-bond acceptors (Lipinski definition) is 2. The molecule has 1 heterocycles. The maximum Gasteiger partial charge on any atom is 0.180 e. The lowest BCUT2D eigenvalue weighted by Gasteiger charge is -2.25. The smallest absolute Gasteiger partial charge is 0.180 e. The normalized spacial score (nSPS) is 17.6. The van der Waals surface area contributed by atoms with E-state index in [1.807, 2.05) is 24.3 Å². The molecule has 0 aromatic heterocycles. The van der Waals surface area contributed by atoms with Crippen molar-refractivity contribution in [1.82, 2.24) is 5.32 Å². The Labute approximate surface area is 126 Å². The minimum atomic E-state index is -0.107. The van der Waals surface area contributed by atoms with Gasteiger partial charge in [0.2, 0.25) is 0 Å². The first-order chi connectivity index (χ1) is 10.1. The number of rotatable bonds is 3.